The molecule has 0 aliphatic rings. The minimum Gasteiger partial charge on any atom is -0.477 e. The summed E-state index contributed by atoms with van der Waals surface area (Å²) in [7, 11) is 0. The zero-order chi connectivity index (χ0) is 15.6. The van der Waals surface area contributed by atoms with Crippen LogP contribution in [0.15, 0.2) is 8.68 Å². The van der Waals surface area contributed by atoms with Gasteiger partial charge in [0.15, 0.2) is 14.4 Å². The number of alkyl halides is 3. The van der Waals surface area contributed by atoms with Crippen LogP contribution < -0.4 is 0 Å². The number of thiazole rings is 1. The second kappa shape index (κ2) is 6.28. The van der Waals surface area contributed by atoms with Gasteiger partial charge >= 0.3 is 12.1 Å². The van der Waals surface area contributed by atoms with Gasteiger partial charge in [0.1, 0.15) is 9.88 Å². The molecule has 0 aliphatic carbocycles. The highest BCUT2D eigenvalue weighted by atomic mass is 32.2. The van der Waals surface area contributed by atoms with Crippen LogP contribution in [0, 0.1) is 0 Å². The fourth-order valence-electron chi connectivity index (χ4n) is 1.35. The molecule has 1 N–H and O–H groups in total. The predicted molar refractivity (Wildman–Crippen MR) is 72.1 cm³/mol. The van der Waals surface area contributed by atoms with Gasteiger partial charge in [-0.2, -0.15) is 13.2 Å². The number of carbonyl (C=O) groups is 1. The molecule has 114 valence electrons. The van der Waals surface area contributed by atoms with Crippen LogP contribution in [0.25, 0.3) is 0 Å². The van der Waals surface area contributed by atoms with Crippen LogP contribution in [-0.4, -0.2) is 26.3 Å². The summed E-state index contributed by atoms with van der Waals surface area (Å²) < 4.78 is 38.6. The standard InChI is InChI=1S/C10H8F3N3O2S3/c1-2-3-4-15-16-9(19-4)21-8-14-6(10(11,12)13)5(20-8)7(17)18/h2-3H2,1H3,(H,17,18). The molecule has 0 aromatic carbocycles. The van der Waals surface area contributed by atoms with Crippen LogP contribution in [0.1, 0.15) is 33.7 Å². The van der Waals surface area contributed by atoms with E-state index in [9.17, 15) is 18.0 Å². The molecule has 5 nitrogen and oxygen atoms in total. The van der Waals surface area contributed by atoms with Crippen molar-refractivity contribution >= 4 is 40.4 Å². The van der Waals surface area contributed by atoms with Gasteiger partial charge in [0.25, 0.3) is 0 Å². The lowest BCUT2D eigenvalue weighted by atomic mass is 10.3. The molecule has 0 amide bonds. The third-order valence-corrected chi connectivity index (χ3v) is 5.29. The van der Waals surface area contributed by atoms with E-state index < -0.39 is 22.7 Å². The molecule has 2 aromatic rings. The van der Waals surface area contributed by atoms with E-state index in [0.717, 1.165) is 29.6 Å². The van der Waals surface area contributed by atoms with Crippen molar-refractivity contribution in [1.82, 2.24) is 15.2 Å². The Morgan fingerprint density at radius 1 is 1.29 bits per heavy atom. The molecule has 2 aromatic heterocycles. The Hall–Kier alpha value is -1.20. The van der Waals surface area contributed by atoms with E-state index in [1.165, 1.54) is 11.3 Å². The van der Waals surface area contributed by atoms with Crippen LogP contribution in [0.2, 0.25) is 0 Å². The van der Waals surface area contributed by atoms with Crippen molar-refractivity contribution in [3.05, 3.63) is 15.6 Å². The van der Waals surface area contributed by atoms with Gasteiger partial charge < -0.3 is 5.11 Å². The SMILES string of the molecule is CCCc1nnc(Sc2nc(C(F)(F)F)c(C(=O)O)s2)s1. The van der Waals surface area contributed by atoms with E-state index in [2.05, 4.69) is 15.2 Å². The maximum Gasteiger partial charge on any atom is 0.435 e. The predicted octanol–water partition coefficient (Wildman–Crippen LogP) is 3.82. The summed E-state index contributed by atoms with van der Waals surface area (Å²) in [6, 6.07) is 0. The number of carboxylic acid groups (broad SMARTS) is 1. The molecule has 2 rings (SSSR count). The molecule has 0 saturated heterocycles. The first-order valence-electron chi connectivity index (χ1n) is 5.62. The molecule has 0 fully saturated rings. The van der Waals surface area contributed by atoms with E-state index in [0.29, 0.717) is 15.7 Å². The van der Waals surface area contributed by atoms with Gasteiger partial charge in [-0.25, -0.2) is 9.78 Å². The topological polar surface area (TPSA) is 76.0 Å². The Bertz CT molecular complexity index is 654. The highest BCUT2D eigenvalue weighted by Gasteiger charge is 2.39. The van der Waals surface area contributed by atoms with Gasteiger partial charge in [-0.3, -0.25) is 0 Å². The first-order chi connectivity index (χ1) is 9.81. The number of hydrogen-bond donors (Lipinski definition) is 1. The molecule has 21 heavy (non-hydrogen) atoms. The van der Waals surface area contributed by atoms with Crippen molar-refractivity contribution < 1.29 is 23.1 Å². The van der Waals surface area contributed by atoms with E-state index in [4.69, 9.17) is 5.11 Å². The van der Waals surface area contributed by atoms with Crippen molar-refractivity contribution in [2.45, 2.75) is 34.6 Å². The number of nitrogens with zero attached hydrogens (tertiary/aromatic N) is 3. The Kier molecular flexibility index (Phi) is 4.84. The third-order valence-electron chi connectivity index (χ3n) is 2.16. The number of hydrogen-bond acceptors (Lipinski definition) is 7. The Morgan fingerprint density at radius 3 is 2.52 bits per heavy atom. The molecule has 11 heteroatoms. The first kappa shape index (κ1) is 16.2. The van der Waals surface area contributed by atoms with Crippen LogP contribution in [-0.2, 0) is 12.6 Å². The quantitative estimate of drug-likeness (QED) is 0.879. The number of aromatic carboxylic acids is 1. The first-order valence-corrected chi connectivity index (χ1v) is 8.07. The average Bonchev–Trinajstić information content (AvgIpc) is 2.96. The van der Waals surface area contributed by atoms with Crippen molar-refractivity contribution in [3.63, 3.8) is 0 Å². The molecular formula is C10H8F3N3O2S3. The zero-order valence-electron chi connectivity index (χ0n) is 10.5. The van der Waals surface area contributed by atoms with E-state index >= 15 is 0 Å². The Labute approximate surface area is 129 Å². The Balaban J connectivity index is 2.26. The molecule has 0 aliphatic heterocycles. The molecular weight excluding hydrogens is 347 g/mol. The summed E-state index contributed by atoms with van der Waals surface area (Å²) in [5.41, 5.74) is -1.37. The molecule has 2 heterocycles. The fourth-order valence-corrected chi connectivity index (χ4v) is 4.55. The highest BCUT2D eigenvalue weighted by molar-refractivity contribution is 8.02. The number of carboxylic acids is 1. The van der Waals surface area contributed by atoms with Crippen molar-refractivity contribution in [3.8, 4) is 0 Å². The molecule has 0 radical (unpaired) electrons. The highest BCUT2D eigenvalue weighted by Crippen LogP contribution is 2.40. The monoisotopic (exact) mass is 355 g/mol. The molecule has 0 bridgehead atoms. The summed E-state index contributed by atoms with van der Waals surface area (Å²) in [6.07, 6.45) is -3.17. The summed E-state index contributed by atoms with van der Waals surface area (Å²) in [4.78, 5) is 13.4. The van der Waals surface area contributed by atoms with Crippen molar-refractivity contribution in [1.29, 1.82) is 0 Å². The van der Waals surface area contributed by atoms with Gasteiger partial charge in [0, 0.05) is 6.42 Å². The van der Waals surface area contributed by atoms with Crippen LogP contribution in [0.3, 0.4) is 0 Å². The molecule has 0 saturated carbocycles. The summed E-state index contributed by atoms with van der Waals surface area (Å²) in [5.74, 6) is -1.64. The fraction of sp³-hybridized carbons (Fsp3) is 0.400. The lowest BCUT2D eigenvalue weighted by Crippen LogP contribution is -2.11. The van der Waals surface area contributed by atoms with E-state index in [1.54, 1.807) is 0 Å². The zero-order valence-corrected chi connectivity index (χ0v) is 12.9. The minimum absolute atomic E-state index is 0.0149. The van der Waals surface area contributed by atoms with Crippen molar-refractivity contribution in [2.75, 3.05) is 0 Å². The van der Waals surface area contributed by atoms with Crippen LogP contribution >= 0.6 is 34.4 Å². The average molecular weight is 355 g/mol. The van der Waals surface area contributed by atoms with Gasteiger partial charge in [-0.05, 0) is 18.2 Å². The minimum atomic E-state index is -4.79. The second-order valence-electron chi connectivity index (χ2n) is 3.77. The maximum absolute atomic E-state index is 12.7. The summed E-state index contributed by atoms with van der Waals surface area (Å²) >= 11 is 2.64. The summed E-state index contributed by atoms with van der Waals surface area (Å²) in [6.45, 7) is 1.98. The van der Waals surface area contributed by atoms with Crippen LogP contribution in [0.4, 0.5) is 13.2 Å². The van der Waals surface area contributed by atoms with Crippen molar-refractivity contribution in [2.24, 2.45) is 0 Å². The number of rotatable bonds is 5. The molecule has 0 spiro atoms. The maximum atomic E-state index is 12.7. The third kappa shape index (κ3) is 3.92. The van der Waals surface area contributed by atoms with Crippen LogP contribution in [0.5, 0.6) is 0 Å². The number of aromatic nitrogens is 3. The molecule has 0 atom stereocenters. The van der Waals surface area contributed by atoms with Gasteiger partial charge in [0.05, 0.1) is 0 Å². The Morgan fingerprint density at radius 2 is 2.00 bits per heavy atom. The van der Waals surface area contributed by atoms with E-state index in [1.807, 2.05) is 6.92 Å². The largest absolute Gasteiger partial charge is 0.477 e. The smallest absolute Gasteiger partial charge is 0.435 e. The number of aryl methyl sites for hydroxylation is 1. The molecule has 0 unspecified atom stereocenters. The normalized spacial score (nSPS) is 11.8. The van der Waals surface area contributed by atoms with Gasteiger partial charge in [-0.1, -0.05) is 29.6 Å². The second-order valence-corrected chi connectivity index (χ2v) is 7.33. The van der Waals surface area contributed by atoms with E-state index in [-0.39, 0.29) is 4.34 Å². The lowest BCUT2D eigenvalue weighted by molar-refractivity contribution is -0.141. The lowest BCUT2D eigenvalue weighted by Gasteiger charge is -2.02. The number of halogens is 3. The summed E-state index contributed by atoms with van der Waals surface area (Å²) in [5, 5.41) is 17.3. The van der Waals surface area contributed by atoms with Gasteiger partial charge in [0.2, 0.25) is 0 Å². The van der Waals surface area contributed by atoms with Gasteiger partial charge in [-0.15, -0.1) is 10.2 Å².